The van der Waals surface area contributed by atoms with Crippen LogP contribution < -0.4 is 4.74 Å². The fourth-order valence-electron chi connectivity index (χ4n) is 7.84. The minimum Gasteiger partial charge on any atom is -0.493 e. The number of carbonyl (C=O) groups is 1. The molecule has 0 saturated heterocycles. The Hall–Kier alpha value is -2.99. The Balaban J connectivity index is 1.29. The van der Waals surface area contributed by atoms with E-state index in [1.807, 2.05) is 12.1 Å². The molecule has 39 heavy (non-hydrogen) atoms. The zero-order valence-electron chi connectivity index (χ0n) is 22.8. The van der Waals surface area contributed by atoms with Crippen LogP contribution in [-0.4, -0.2) is 29.0 Å². The van der Waals surface area contributed by atoms with E-state index in [1.54, 1.807) is 6.08 Å². The number of rotatable bonds is 14. The molecule has 0 aromatic heterocycles. The van der Waals surface area contributed by atoms with E-state index in [0.29, 0.717) is 13.0 Å². The second-order valence-corrected chi connectivity index (χ2v) is 12.2. The van der Waals surface area contributed by atoms with Gasteiger partial charge in [0.2, 0.25) is 0 Å². The van der Waals surface area contributed by atoms with E-state index in [2.05, 4.69) is 35.5 Å². The van der Waals surface area contributed by atoms with Crippen LogP contribution in [0.2, 0.25) is 0 Å². The summed E-state index contributed by atoms with van der Waals surface area (Å²) in [6.07, 6.45) is 15.1. The first-order valence-electron chi connectivity index (χ1n) is 14.7. The lowest BCUT2D eigenvalue weighted by molar-refractivity contribution is -0.131. The molecule has 1 unspecified atom stereocenters. The molecule has 0 heterocycles. The van der Waals surface area contributed by atoms with Gasteiger partial charge in [-0.15, -0.1) is 4.91 Å². The summed E-state index contributed by atoms with van der Waals surface area (Å²) in [6, 6.07) is 14.8. The van der Waals surface area contributed by atoms with E-state index in [9.17, 15) is 14.8 Å². The van der Waals surface area contributed by atoms with Gasteiger partial charge in [-0.25, -0.2) is 4.79 Å². The number of aliphatic hydroxyl groups is 1. The molecule has 4 bridgehead atoms. The molecule has 6 rings (SSSR count). The fraction of sp³-hybridized carbons (Fsp3) is 0.545. The first-order valence-corrected chi connectivity index (χ1v) is 14.7. The van der Waals surface area contributed by atoms with Crippen LogP contribution in [0.5, 0.6) is 5.75 Å². The summed E-state index contributed by atoms with van der Waals surface area (Å²) in [5.41, 5.74) is 4.81. The average molecular weight is 532 g/mol. The van der Waals surface area contributed by atoms with Crippen LogP contribution in [0.3, 0.4) is 0 Å². The molecule has 6 heteroatoms. The van der Waals surface area contributed by atoms with E-state index >= 15 is 0 Å². The van der Waals surface area contributed by atoms with Crippen molar-refractivity contribution in [2.24, 2.45) is 22.9 Å². The molecule has 4 aliphatic rings. The number of hydrogen-bond donors (Lipinski definition) is 2. The Bertz CT molecular complexity index is 1140. The third-order valence-corrected chi connectivity index (χ3v) is 9.24. The molecule has 4 saturated carbocycles. The lowest BCUT2D eigenvalue weighted by Crippen LogP contribution is -2.48. The third kappa shape index (κ3) is 6.78. The average Bonchev–Trinajstić information content (AvgIpc) is 2.92. The summed E-state index contributed by atoms with van der Waals surface area (Å²) in [7, 11) is 0. The van der Waals surface area contributed by atoms with E-state index in [0.717, 1.165) is 66.7 Å². The van der Waals surface area contributed by atoms with Crippen LogP contribution in [0, 0.1) is 22.7 Å². The van der Waals surface area contributed by atoms with Crippen molar-refractivity contribution in [3.8, 4) is 16.9 Å². The summed E-state index contributed by atoms with van der Waals surface area (Å²) in [5.74, 6) is 2.65. The van der Waals surface area contributed by atoms with Crippen molar-refractivity contribution in [3.63, 3.8) is 0 Å². The van der Waals surface area contributed by atoms with Crippen LogP contribution in [0.4, 0.5) is 0 Å². The van der Waals surface area contributed by atoms with Crippen LogP contribution in [-0.2, 0) is 10.2 Å². The minimum absolute atomic E-state index is 0.220. The molecule has 208 valence electrons. The number of hydrogen-bond acceptors (Lipinski definition) is 5. The predicted molar refractivity (Wildman–Crippen MR) is 153 cm³/mol. The highest BCUT2D eigenvalue weighted by atomic mass is 16.5. The number of unbranched alkanes of at least 4 members (excludes halogenated alkanes) is 4. The molecule has 2 aromatic carbocycles. The summed E-state index contributed by atoms with van der Waals surface area (Å²) in [6.45, 7) is 0.696. The lowest BCUT2D eigenvalue weighted by Gasteiger charge is -2.57. The van der Waals surface area contributed by atoms with Crippen LogP contribution in [0.15, 0.2) is 53.7 Å². The zero-order valence-corrected chi connectivity index (χ0v) is 22.8. The van der Waals surface area contributed by atoms with Crippen molar-refractivity contribution in [1.29, 1.82) is 0 Å². The highest BCUT2D eigenvalue weighted by Crippen LogP contribution is 2.62. The quantitative estimate of drug-likeness (QED) is 0.148. The maximum absolute atomic E-state index is 10.9. The zero-order chi connectivity index (χ0) is 27.2. The van der Waals surface area contributed by atoms with Gasteiger partial charge < -0.3 is 14.9 Å². The van der Waals surface area contributed by atoms with Crippen LogP contribution >= 0.6 is 0 Å². The molecule has 2 aromatic rings. The van der Waals surface area contributed by atoms with Crippen molar-refractivity contribution >= 4 is 12.0 Å². The van der Waals surface area contributed by atoms with Gasteiger partial charge in [0.05, 0.1) is 6.61 Å². The number of aliphatic hydroxyl groups excluding tert-OH is 1. The van der Waals surface area contributed by atoms with Gasteiger partial charge in [-0.1, -0.05) is 49.6 Å². The summed E-state index contributed by atoms with van der Waals surface area (Å²) in [5, 5.41) is 20.8. The van der Waals surface area contributed by atoms with Crippen LogP contribution in [0.25, 0.3) is 17.2 Å². The summed E-state index contributed by atoms with van der Waals surface area (Å²) >= 11 is 0. The highest BCUT2D eigenvalue weighted by Gasteiger charge is 2.52. The maximum Gasteiger partial charge on any atom is 0.328 e. The molecule has 1 atom stereocenters. The standard InChI is InChI=1S/C33H41NO5/c35-31(34-38)6-4-2-1-3-5-15-39-30-13-12-28(27-10-7-23(8-11-27)9-14-32(36)37)19-29(30)33-20-24-16-25(21-33)18-26(17-24)22-33/h7-14,19,24-26,31,35H,1-6,15-18,20-22H2,(H,36,37)/b14-9+. The maximum atomic E-state index is 10.9. The first-order chi connectivity index (χ1) is 18.9. The molecule has 6 nitrogen and oxygen atoms in total. The summed E-state index contributed by atoms with van der Waals surface area (Å²) < 4.78 is 6.49. The van der Waals surface area contributed by atoms with Gasteiger partial charge >= 0.3 is 5.97 Å². The van der Waals surface area contributed by atoms with Gasteiger partial charge in [-0.2, -0.15) is 0 Å². The Morgan fingerprint density at radius 3 is 2.18 bits per heavy atom. The van der Waals surface area contributed by atoms with Gasteiger partial charge in [0.15, 0.2) is 6.23 Å². The van der Waals surface area contributed by atoms with Crippen molar-refractivity contribution in [2.45, 2.75) is 88.7 Å². The van der Waals surface area contributed by atoms with Gasteiger partial charge in [-0.3, -0.25) is 0 Å². The Morgan fingerprint density at radius 2 is 1.54 bits per heavy atom. The number of carboxylic acid groups (broad SMARTS) is 1. The minimum atomic E-state index is -1.06. The van der Waals surface area contributed by atoms with E-state index in [4.69, 9.17) is 9.84 Å². The Morgan fingerprint density at radius 1 is 0.923 bits per heavy atom. The number of aliphatic carboxylic acids is 1. The molecule has 0 aliphatic heterocycles. The number of ether oxygens (including phenoxy) is 1. The third-order valence-electron chi connectivity index (χ3n) is 9.24. The largest absolute Gasteiger partial charge is 0.493 e. The van der Waals surface area contributed by atoms with Crippen LogP contribution in [0.1, 0.15) is 88.2 Å². The van der Waals surface area contributed by atoms with E-state index in [1.165, 1.54) is 55.7 Å². The molecular formula is C33H41NO5. The predicted octanol–water partition coefficient (Wildman–Crippen LogP) is 7.72. The molecule has 2 N–H and O–H groups in total. The number of benzene rings is 2. The van der Waals surface area contributed by atoms with Crippen molar-refractivity contribution in [1.82, 2.24) is 0 Å². The Labute approximate surface area is 231 Å². The molecule has 4 fully saturated rings. The lowest BCUT2D eigenvalue weighted by atomic mass is 9.48. The second kappa shape index (κ2) is 12.5. The molecule has 4 aliphatic carbocycles. The number of carboxylic acids is 1. The van der Waals surface area contributed by atoms with E-state index in [-0.39, 0.29) is 5.41 Å². The monoisotopic (exact) mass is 531 g/mol. The topological polar surface area (TPSA) is 96.2 Å². The molecule has 0 spiro atoms. The number of nitroso groups, excluding NO2 is 1. The van der Waals surface area contributed by atoms with E-state index < -0.39 is 12.2 Å². The van der Waals surface area contributed by atoms with Gasteiger partial charge in [0.25, 0.3) is 0 Å². The first kappa shape index (κ1) is 27.6. The SMILES string of the molecule is O=NC(O)CCCCCCCOc1ccc(-c2ccc(/C=C/C(=O)O)cc2)cc1C12CC3CC(CC(C3)C1)C2. The summed E-state index contributed by atoms with van der Waals surface area (Å²) in [4.78, 5) is 21.2. The van der Waals surface area contributed by atoms with Gasteiger partial charge in [-0.05, 0) is 121 Å². The normalized spacial score (nSPS) is 26.1. The second-order valence-electron chi connectivity index (χ2n) is 12.2. The molecule has 0 radical (unpaired) electrons. The van der Waals surface area contributed by atoms with Gasteiger partial charge in [0.1, 0.15) is 5.75 Å². The fourth-order valence-corrected chi connectivity index (χ4v) is 7.84. The van der Waals surface area contributed by atoms with Crippen molar-refractivity contribution in [3.05, 3.63) is 64.6 Å². The van der Waals surface area contributed by atoms with Crippen molar-refractivity contribution in [2.75, 3.05) is 6.61 Å². The smallest absolute Gasteiger partial charge is 0.328 e. The molecule has 0 amide bonds. The number of nitrogens with zero attached hydrogens (tertiary/aromatic N) is 1. The highest BCUT2D eigenvalue weighted by molar-refractivity contribution is 5.85. The Kier molecular flexibility index (Phi) is 8.81. The van der Waals surface area contributed by atoms with Gasteiger partial charge in [0, 0.05) is 11.6 Å². The molecular weight excluding hydrogens is 490 g/mol. The van der Waals surface area contributed by atoms with Crippen molar-refractivity contribution < 1.29 is 19.7 Å².